The molecule has 1 aromatic rings. The van der Waals surface area contributed by atoms with Gasteiger partial charge in [0.25, 0.3) is 0 Å². The molecule has 2 atom stereocenters. The van der Waals surface area contributed by atoms with E-state index in [-0.39, 0.29) is 6.10 Å². The molecule has 0 radical (unpaired) electrons. The maximum absolute atomic E-state index is 10.0. The highest BCUT2D eigenvalue weighted by molar-refractivity contribution is 9.10. The van der Waals surface area contributed by atoms with E-state index in [4.69, 9.17) is 0 Å². The summed E-state index contributed by atoms with van der Waals surface area (Å²) in [6.45, 7) is 2.18. The van der Waals surface area contributed by atoms with Gasteiger partial charge in [-0.25, -0.2) is 0 Å². The summed E-state index contributed by atoms with van der Waals surface area (Å²) in [6, 6.07) is 6.19. The highest BCUT2D eigenvalue weighted by Gasteiger charge is 2.20. The van der Waals surface area contributed by atoms with Crippen molar-refractivity contribution in [2.45, 2.75) is 30.5 Å². The molecule has 1 aliphatic rings. The van der Waals surface area contributed by atoms with Crippen LogP contribution in [-0.4, -0.2) is 10.4 Å². The van der Waals surface area contributed by atoms with Crippen molar-refractivity contribution < 1.29 is 5.11 Å². The third kappa shape index (κ3) is 2.15. The fraction of sp³-hybridized carbons (Fsp3) is 0.455. The lowest BCUT2D eigenvalue weighted by atomic mass is 10.0. The molecule has 0 aliphatic carbocycles. The average molecular weight is 273 g/mol. The third-order valence-electron chi connectivity index (χ3n) is 2.55. The summed E-state index contributed by atoms with van der Waals surface area (Å²) in [4.78, 5) is 0. The van der Waals surface area contributed by atoms with E-state index < -0.39 is 0 Å². The minimum Gasteiger partial charge on any atom is -0.388 e. The molecule has 76 valence electrons. The van der Waals surface area contributed by atoms with Crippen LogP contribution in [0.25, 0.3) is 0 Å². The lowest BCUT2D eigenvalue weighted by molar-refractivity contribution is 0.168. The Kier molecular flexibility index (Phi) is 3.20. The van der Waals surface area contributed by atoms with Gasteiger partial charge < -0.3 is 5.11 Å². The Hall–Kier alpha value is 0.01000. The molecule has 14 heavy (non-hydrogen) atoms. The van der Waals surface area contributed by atoms with Crippen LogP contribution in [-0.2, 0) is 5.75 Å². The molecule has 1 heterocycles. The van der Waals surface area contributed by atoms with Crippen molar-refractivity contribution in [2.75, 3.05) is 0 Å². The number of aliphatic hydroxyl groups is 1. The molecule has 1 N–H and O–H groups in total. The Morgan fingerprint density at radius 2 is 2.29 bits per heavy atom. The summed E-state index contributed by atoms with van der Waals surface area (Å²) >= 11 is 5.36. The minimum absolute atomic E-state index is 0.299. The molecule has 0 bridgehead atoms. The Balaban J connectivity index is 2.39. The maximum atomic E-state index is 10.0. The van der Waals surface area contributed by atoms with Crippen molar-refractivity contribution in [3.8, 4) is 0 Å². The van der Waals surface area contributed by atoms with Crippen molar-refractivity contribution in [2.24, 2.45) is 0 Å². The van der Waals surface area contributed by atoms with E-state index in [0.29, 0.717) is 5.25 Å². The molecule has 1 aliphatic heterocycles. The van der Waals surface area contributed by atoms with Crippen LogP contribution in [0.3, 0.4) is 0 Å². The van der Waals surface area contributed by atoms with Crippen LogP contribution in [0.1, 0.15) is 30.6 Å². The molecular formula is C11H13BrOS. The molecule has 0 fully saturated rings. The van der Waals surface area contributed by atoms with E-state index in [1.165, 1.54) is 5.56 Å². The Morgan fingerprint density at radius 3 is 3.07 bits per heavy atom. The van der Waals surface area contributed by atoms with Gasteiger partial charge in [0.1, 0.15) is 0 Å². The second-order valence-corrected chi connectivity index (χ2v) is 6.06. The zero-order valence-corrected chi connectivity index (χ0v) is 10.4. The minimum atomic E-state index is -0.299. The number of fused-ring (bicyclic) bond motifs is 1. The molecule has 1 nitrogen and oxygen atoms in total. The normalized spacial score (nSPS) is 26.8. The van der Waals surface area contributed by atoms with Gasteiger partial charge in [-0.3, -0.25) is 0 Å². The Morgan fingerprint density at radius 1 is 1.50 bits per heavy atom. The SMILES string of the molecule is CC1CC(O)c2cc(Br)ccc2CS1. The van der Waals surface area contributed by atoms with Gasteiger partial charge in [-0.1, -0.05) is 28.9 Å². The van der Waals surface area contributed by atoms with Crippen LogP contribution in [0.4, 0.5) is 0 Å². The van der Waals surface area contributed by atoms with E-state index in [9.17, 15) is 5.11 Å². The van der Waals surface area contributed by atoms with Crippen LogP contribution in [0.5, 0.6) is 0 Å². The number of hydrogen-bond acceptors (Lipinski definition) is 2. The van der Waals surface area contributed by atoms with Crippen molar-refractivity contribution in [1.29, 1.82) is 0 Å². The number of rotatable bonds is 0. The number of aliphatic hydroxyl groups excluding tert-OH is 1. The topological polar surface area (TPSA) is 20.2 Å². The maximum Gasteiger partial charge on any atom is 0.0803 e. The average Bonchev–Trinajstić information content (AvgIpc) is 2.27. The van der Waals surface area contributed by atoms with Crippen molar-refractivity contribution in [3.63, 3.8) is 0 Å². The summed E-state index contributed by atoms with van der Waals surface area (Å²) in [5, 5.41) is 10.5. The van der Waals surface area contributed by atoms with Crippen molar-refractivity contribution in [3.05, 3.63) is 33.8 Å². The van der Waals surface area contributed by atoms with E-state index in [1.807, 2.05) is 23.9 Å². The predicted octanol–water partition coefficient (Wildman–Crippen LogP) is 3.51. The van der Waals surface area contributed by atoms with Crippen LogP contribution in [0.15, 0.2) is 22.7 Å². The fourth-order valence-electron chi connectivity index (χ4n) is 1.75. The Labute approximate surface area is 97.0 Å². The summed E-state index contributed by atoms with van der Waals surface area (Å²) < 4.78 is 1.05. The monoisotopic (exact) mass is 272 g/mol. The zero-order valence-electron chi connectivity index (χ0n) is 8.03. The molecule has 3 heteroatoms. The molecule has 1 aromatic carbocycles. The van der Waals surface area contributed by atoms with Crippen LogP contribution >= 0.6 is 27.7 Å². The first kappa shape index (κ1) is 10.5. The first-order chi connectivity index (χ1) is 6.66. The summed E-state index contributed by atoms with van der Waals surface area (Å²) in [5.41, 5.74) is 2.37. The third-order valence-corrected chi connectivity index (χ3v) is 4.28. The molecule has 0 amide bonds. The lowest BCUT2D eigenvalue weighted by Gasteiger charge is -2.12. The number of benzene rings is 1. The van der Waals surface area contributed by atoms with E-state index in [0.717, 1.165) is 22.2 Å². The van der Waals surface area contributed by atoms with E-state index in [1.54, 1.807) is 0 Å². The first-order valence-corrected chi connectivity index (χ1v) is 6.59. The number of halogens is 1. The lowest BCUT2D eigenvalue weighted by Crippen LogP contribution is -2.03. The van der Waals surface area contributed by atoms with Gasteiger partial charge in [0.2, 0.25) is 0 Å². The molecule has 0 saturated carbocycles. The summed E-state index contributed by atoms with van der Waals surface area (Å²) in [6.07, 6.45) is 0.557. The van der Waals surface area contributed by atoms with Crippen LogP contribution in [0, 0.1) is 0 Å². The van der Waals surface area contributed by atoms with Crippen LogP contribution in [0.2, 0.25) is 0 Å². The number of hydrogen-bond donors (Lipinski definition) is 1. The van der Waals surface area contributed by atoms with Gasteiger partial charge in [0.15, 0.2) is 0 Å². The predicted molar refractivity (Wildman–Crippen MR) is 64.5 cm³/mol. The van der Waals surface area contributed by atoms with Gasteiger partial charge in [-0.05, 0) is 29.7 Å². The van der Waals surface area contributed by atoms with E-state index >= 15 is 0 Å². The molecule has 0 spiro atoms. The van der Waals surface area contributed by atoms with Gasteiger partial charge in [0.05, 0.1) is 6.10 Å². The van der Waals surface area contributed by atoms with Gasteiger partial charge >= 0.3 is 0 Å². The van der Waals surface area contributed by atoms with Crippen molar-refractivity contribution >= 4 is 27.7 Å². The Bertz CT molecular complexity index is 340. The highest BCUT2D eigenvalue weighted by atomic mass is 79.9. The van der Waals surface area contributed by atoms with Gasteiger partial charge in [-0.15, -0.1) is 0 Å². The van der Waals surface area contributed by atoms with Crippen LogP contribution < -0.4 is 0 Å². The summed E-state index contributed by atoms with van der Waals surface area (Å²) in [5.74, 6) is 1.01. The molecule has 2 rings (SSSR count). The second kappa shape index (κ2) is 4.25. The fourth-order valence-corrected chi connectivity index (χ4v) is 3.17. The largest absolute Gasteiger partial charge is 0.388 e. The van der Waals surface area contributed by atoms with Gasteiger partial charge in [-0.2, -0.15) is 11.8 Å². The highest BCUT2D eigenvalue weighted by Crippen LogP contribution is 2.35. The molecule has 2 unspecified atom stereocenters. The zero-order chi connectivity index (χ0) is 10.1. The summed E-state index contributed by atoms with van der Waals surface area (Å²) in [7, 11) is 0. The first-order valence-electron chi connectivity index (χ1n) is 4.75. The smallest absolute Gasteiger partial charge is 0.0803 e. The molecule has 0 aromatic heterocycles. The quantitative estimate of drug-likeness (QED) is 0.780. The number of thioether (sulfide) groups is 1. The second-order valence-electron chi connectivity index (χ2n) is 3.72. The van der Waals surface area contributed by atoms with Crippen molar-refractivity contribution in [1.82, 2.24) is 0 Å². The van der Waals surface area contributed by atoms with Gasteiger partial charge in [0, 0.05) is 15.5 Å². The molecular weight excluding hydrogens is 260 g/mol. The standard InChI is InChI=1S/C11H13BrOS/c1-7-4-11(13)10-5-9(12)3-2-8(10)6-14-7/h2-3,5,7,11,13H,4,6H2,1H3. The van der Waals surface area contributed by atoms with E-state index in [2.05, 4.69) is 28.9 Å². The molecule has 0 saturated heterocycles.